The van der Waals surface area contributed by atoms with Gasteiger partial charge in [-0.2, -0.15) is 0 Å². The van der Waals surface area contributed by atoms with Crippen LogP contribution in [0.4, 0.5) is 0 Å². The van der Waals surface area contributed by atoms with E-state index in [9.17, 15) is 4.79 Å². The average Bonchev–Trinajstić information content (AvgIpc) is 2.45. The van der Waals surface area contributed by atoms with Gasteiger partial charge in [0, 0.05) is 31.2 Å². The van der Waals surface area contributed by atoms with Crippen LogP contribution in [-0.4, -0.2) is 31.0 Å². The third-order valence-electron chi connectivity index (χ3n) is 3.04. The highest BCUT2D eigenvalue weighted by molar-refractivity contribution is 14.0. The lowest BCUT2D eigenvalue weighted by Gasteiger charge is -2.20. The van der Waals surface area contributed by atoms with Gasteiger partial charge in [0.25, 0.3) is 5.91 Å². The Morgan fingerprint density at radius 3 is 2.42 bits per heavy atom. The molecule has 0 heterocycles. The minimum absolute atomic E-state index is 0. The number of hydrogen-bond acceptors (Lipinski definition) is 2. The Hall–Kier alpha value is -1.31. The first-order valence-corrected chi connectivity index (χ1v) is 8.07. The van der Waals surface area contributed by atoms with Crippen LogP contribution in [0, 0.1) is 5.92 Å². The fraction of sp³-hybridized carbons (Fsp3) is 0.556. The van der Waals surface area contributed by atoms with Crippen LogP contribution in [0.25, 0.3) is 0 Å². The van der Waals surface area contributed by atoms with Crippen LogP contribution in [0.15, 0.2) is 29.3 Å². The molecule has 6 heteroatoms. The van der Waals surface area contributed by atoms with Crippen molar-refractivity contribution in [1.29, 1.82) is 0 Å². The van der Waals surface area contributed by atoms with Gasteiger partial charge in [-0.1, -0.05) is 26.0 Å². The monoisotopic (exact) mass is 446 g/mol. The van der Waals surface area contributed by atoms with E-state index in [4.69, 9.17) is 0 Å². The molecule has 0 aromatic heterocycles. The molecule has 0 atom stereocenters. The van der Waals surface area contributed by atoms with Gasteiger partial charge < -0.3 is 16.0 Å². The molecule has 0 bridgehead atoms. The lowest BCUT2D eigenvalue weighted by molar-refractivity contribution is 0.0919. The van der Waals surface area contributed by atoms with Crippen molar-refractivity contribution in [2.24, 2.45) is 10.9 Å². The second-order valence-corrected chi connectivity index (χ2v) is 7.11. The van der Waals surface area contributed by atoms with Crippen molar-refractivity contribution in [1.82, 2.24) is 16.0 Å². The summed E-state index contributed by atoms with van der Waals surface area (Å²) in [7, 11) is 1.75. The molecule has 5 nitrogen and oxygen atoms in total. The number of hydrogen-bond donors (Lipinski definition) is 3. The van der Waals surface area contributed by atoms with Gasteiger partial charge in [0.2, 0.25) is 0 Å². The van der Waals surface area contributed by atoms with Gasteiger partial charge in [-0.25, -0.2) is 0 Å². The predicted molar refractivity (Wildman–Crippen MR) is 112 cm³/mol. The molecule has 0 saturated carbocycles. The largest absolute Gasteiger partial charge is 0.356 e. The zero-order chi connectivity index (χ0) is 17.5. The molecule has 0 fully saturated rings. The van der Waals surface area contributed by atoms with Crippen molar-refractivity contribution in [3.05, 3.63) is 35.4 Å². The van der Waals surface area contributed by atoms with Crippen molar-refractivity contribution in [3.63, 3.8) is 0 Å². The molecule has 0 aliphatic heterocycles. The summed E-state index contributed by atoms with van der Waals surface area (Å²) in [5.74, 6) is 1.27. The number of guanidine groups is 1. The van der Waals surface area contributed by atoms with E-state index in [1.54, 1.807) is 7.05 Å². The van der Waals surface area contributed by atoms with Crippen LogP contribution < -0.4 is 16.0 Å². The Morgan fingerprint density at radius 1 is 1.21 bits per heavy atom. The summed E-state index contributed by atoms with van der Waals surface area (Å²) in [4.78, 5) is 16.4. The van der Waals surface area contributed by atoms with Crippen LogP contribution in [-0.2, 0) is 6.54 Å². The van der Waals surface area contributed by atoms with E-state index in [1.165, 1.54) is 0 Å². The van der Waals surface area contributed by atoms with Gasteiger partial charge in [0.05, 0.1) is 0 Å². The lowest BCUT2D eigenvalue weighted by Crippen LogP contribution is -2.40. The minimum atomic E-state index is -0.242. The Kier molecular flexibility index (Phi) is 9.96. The number of carbonyl (C=O) groups is 1. The molecule has 1 aromatic rings. The second kappa shape index (κ2) is 10.5. The third-order valence-corrected chi connectivity index (χ3v) is 3.04. The van der Waals surface area contributed by atoms with Gasteiger partial charge >= 0.3 is 0 Å². The Bertz CT molecular complexity index is 550. The number of amides is 1. The number of halogens is 1. The van der Waals surface area contributed by atoms with Crippen molar-refractivity contribution in [3.8, 4) is 0 Å². The van der Waals surface area contributed by atoms with E-state index < -0.39 is 0 Å². The summed E-state index contributed by atoms with van der Waals surface area (Å²) >= 11 is 0. The summed E-state index contributed by atoms with van der Waals surface area (Å²) in [5, 5.41) is 9.51. The van der Waals surface area contributed by atoms with Crippen molar-refractivity contribution in [2.75, 3.05) is 13.6 Å². The Morgan fingerprint density at radius 2 is 1.88 bits per heavy atom. The van der Waals surface area contributed by atoms with E-state index in [2.05, 4.69) is 34.8 Å². The highest BCUT2D eigenvalue weighted by Crippen LogP contribution is 2.08. The van der Waals surface area contributed by atoms with Crippen LogP contribution >= 0.6 is 24.0 Å². The minimum Gasteiger partial charge on any atom is -0.356 e. The SMILES string of the molecule is CN=C(NCc1cccc(C(=O)NC(C)(C)C)c1)NCC(C)C.I. The molecule has 0 saturated heterocycles. The van der Waals surface area contributed by atoms with Crippen LogP contribution in [0.3, 0.4) is 0 Å². The third kappa shape index (κ3) is 9.10. The van der Waals surface area contributed by atoms with Crippen molar-refractivity contribution in [2.45, 2.75) is 46.7 Å². The second-order valence-electron chi connectivity index (χ2n) is 7.11. The number of aliphatic imine (C=N–C) groups is 1. The van der Waals surface area contributed by atoms with Crippen LogP contribution in [0.5, 0.6) is 0 Å². The normalized spacial score (nSPS) is 11.7. The zero-order valence-electron chi connectivity index (χ0n) is 15.6. The summed E-state index contributed by atoms with van der Waals surface area (Å²) in [5.41, 5.74) is 1.47. The molecular formula is C18H31IN4O. The number of nitrogens with zero attached hydrogens (tertiary/aromatic N) is 1. The van der Waals surface area contributed by atoms with Crippen molar-refractivity contribution >= 4 is 35.8 Å². The maximum absolute atomic E-state index is 12.2. The molecule has 0 radical (unpaired) electrons. The van der Waals surface area contributed by atoms with Crippen LogP contribution in [0.1, 0.15) is 50.5 Å². The molecular weight excluding hydrogens is 415 g/mol. The maximum Gasteiger partial charge on any atom is 0.251 e. The van der Waals surface area contributed by atoms with Gasteiger partial charge in [-0.15, -0.1) is 24.0 Å². The highest BCUT2D eigenvalue weighted by Gasteiger charge is 2.15. The predicted octanol–water partition coefficient (Wildman–Crippen LogP) is 3.15. The van der Waals surface area contributed by atoms with Gasteiger partial charge in [0.1, 0.15) is 0 Å². The Labute approximate surface area is 163 Å². The van der Waals surface area contributed by atoms with Crippen LogP contribution in [0.2, 0.25) is 0 Å². The van der Waals surface area contributed by atoms with Gasteiger partial charge in [-0.3, -0.25) is 9.79 Å². The van der Waals surface area contributed by atoms with Gasteiger partial charge in [0.15, 0.2) is 5.96 Å². The summed E-state index contributed by atoms with van der Waals surface area (Å²) in [6.45, 7) is 11.7. The molecule has 3 N–H and O–H groups in total. The maximum atomic E-state index is 12.2. The highest BCUT2D eigenvalue weighted by atomic mass is 127. The standard InChI is InChI=1S/C18H30N4O.HI/c1-13(2)11-20-17(19-6)21-12-14-8-7-9-15(10-14)16(23)22-18(3,4)5;/h7-10,13H,11-12H2,1-6H3,(H,22,23)(H2,19,20,21);1H. The number of benzene rings is 1. The number of rotatable bonds is 5. The number of nitrogens with one attached hydrogen (secondary N) is 3. The van der Waals surface area contributed by atoms with Crippen molar-refractivity contribution < 1.29 is 4.79 Å². The lowest BCUT2D eigenvalue weighted by atomic mass is 10.1. The van der Waals surface area contributed by atoms with E-state index in [-0.39, 0.29) is 35.4 Å². The smallest absolute Gasteiger partial charge is 0.251 e. The molecule has 0 aliphatic carbocycles. The molecule has 0 aliphatic rings. The Balaban J connectivity index is 0.00000529. The molecule has 1 aromatic carbocycles. The molecule has 0 spiro atoms. The summed E-state index contributed by atoms with van der Waals surface area (Å²) < 4.78 is 0. The fourth-order valence-corrected chi connectivity index (χ4v) is 1.94. The molecule has 1 rings (SSSR count). The first kappa shape index (κ1) is 22.7. The van der Waals surface area contributed by atoms with E-state index in [0.29, 0.717) is 18.0 Å². The topological polar surface area (TPSA) is 65.5 Å². The summed E-state index contributed by atoms with van der Waals surface area (Å²) in [6, 6.07) is 7.63. The average molecular weight is 446 g/mol. The quantitative estimate of drug-likeness (QED) is 0.370. The molecule has 1 amide bonds. The van der Waals surface area contributed by atoms with E-state index in [1.807, 2.05) is 45.0 Å². The number of carbonyl (C=O) groups excluding carboxylic acids is 1. The zero-order valence-corrected chi connectivity index (χ0v) is 17.9. The molecule has 0 unspecified atom stereocenters. The van der Waals surface area contributed by atoms with E-state index in [0.717, 1.165) is 18.1 Å². The first-order valence-electron chi connectivity index (χ1n) is 8.07. The fourth-order valence-electron chi connectivity index (χ4n) is 1.94. The van der Waals surface area contributed by atoms with Gasteiger partial charge in [-0.05, 0) is 44.4 Å². The van der Waals surface area contributed by atoms with E-state index >= 15 is 0 Å². The first-order chi connectivity index (χ1) is 10.7. The molecule has 136 valence electrons. The molecule has 24 heavy (non-hydrogen) atoms. The summed E-state index contributed by atoms with van der Waals surface area (Å²) in [6.07, 6.45) is 0.